The van der Waals surface area contributed by atoms with Crippen LogP contribution in [0.25, 0.3) is 0 Å². The molecule has 0 atom stereocenters. The van der Waals surface area contributed by atoms with Gasteiger partial charge in [0.25, 0.3) is 5.69 Å². The fourth-order valence-corrected chi connectivity index (χ4v) is 2.64. The Morgan fingerprint density at radius 3 is 2.65 bits per heavy atom. The lowest BCUT2D eigenvalue weighted by Gasteiger charge is -2.39. The Labute approximate surface area is 117 Å². The molecular formula is C14H19FN2O3. The Kier molecular flexibility index (Phi) is 4.23. The first-order valence-electron chi connectivity index (χ1n) is 6.79. The van der Waals surface area contributed by atoms with E-state index in [9.17, 15) is 19.6 Å². The van der Waals surface area contributed by atoms with Gasteiger partial charge in [-0.3, -0.25) is 10.1 Å². The lowest BCUT2D eigenvalue weighted by molar-refractivity contribution is -0.385. The van der Waals surface area contributed by atoms with Gasteiger partial charge in [-0.1, -0.05) is 6.92 Å². The van der Waals surface area contributed by atoms with E-state index in [0.29, 0.717) is 5.92 Å². The number of halogens is 1. The molecule has 1 aliphatic carbocycles. The summed E-state index contributed by atoms with van der Waals surface area (Å²) in [5.74, 6) is -0.0520. The quantitative estimate of drug-likeness (QED) is 0.657. The topological polar surface area (TPSA) is 75.4 Å². The summed E-state index contributed by atoms with van der Waals surface area (Å²) in [5, 5.41) is 23.3. The average molecular weight is 282 g/mol. The molecule has 110 valence electrons. The molecule has 1 fully saturated rings. The fourth-order valence-electron chi connectivity index (χ4n) is 2.64. The van der Waals surface area contributed by atoms with E-state index in [1.807, 2.05) is 0 Å². The van der Waals surface area contributed by atoms with Crippen LogP contribution >= 0.6 is 0 Å². The van der Waals surface area contributed by atoms with E-state index in [1.165, 1.54) is 12.1 Å². The van der Waals surface area contributed by atoms with Crippen LogP contribution in [-0.2, 0) is 0 Å². The first-order chi connectivity index (χ1) is 9.46. The summed E-state index contributed by atoms with van der Waals surface area (Å²) in [7, 11) is 0. The highest BCUT2D eigenvalue weighted by Crippen LogP contribution is 2.35. The highest BCUT2D eigenvalue weighted by Gasteiger charge is 2.34. The van der Waals surface area contributed by atoms with Crippen molar-refractivity contribution >= 4 is 11.4 Å². The van der Waals surface area contributed by atoms with Crippen LogP contribution in [0.1, 0.15) is 32.6 Å². The minimum absolute atomic E-state index is 0.0733. The molecule has 1 aromatic carbocycles. The number of hydrogen-bond donors (Lipinski definition) is 2. The van der Waals surface area contributed by atoms with E-state index in [4.69, 9.17) is 0 Å². The van der Waals surface area contributed by atoms with Gasteiger partial charge in [-0.2, -0.15) is 0 Å². The Morgan fingerprint density at radius 1 is 1.50 bits per heavy atom. The Bertz CT molecular complexity index is 499. The van der Waals surface area contributed by atoms with Gasteiger partial charge in [0.15, 0.2) is 5.82 Å². The van der Waals surface area contributed by atoms with Gasteiger partial charge in [0.2, 0.25) is 0 Å². The second kappa shape index (κ2) is 5.75. The zero-order chi connectivity index (χ0) is 14.8. The molecule has 0 aliphatic heterocycles. The average Bonchev–Trinajstić information content (AvgIpc) is 2.43. The van der Waals surface area contributed by atoms with E-state index in [0.717, 1.165) is 31.7 Å². The number of aliphatic hydroxyl groups is 1. The SMILES string of the molecule is CC1CCC(CO)(Nc2ccc([N+](=O)[O-])cc2F)CC1. The third-order valence-electron chi connectivity index (χ3n) is 4.10. The number of nitrogens with one attached hydrogen (secondary N) is 1. The van der Waals surface area contributed by atoms with Gasteiger partial charge in [0.05, 0.1) is 28.8 Å². The summed E-state index contributed by atoms with van der Waals surface area (Å²) >= 11 is 0. The molecule has 2 rings (SSSR count). The van der Waals surface area contributed by atoms with Crippen LogP contribution in [0.3, 0.4) is 0 Å². The number of aliphatic hydroxyl groups excluding tert-OH is 1. The van der Waals surface area contributed by atoms with Crippen LogP contribution < -0.4 is 5.32 Å². The first-order valence-corrected chi connectivity index (χ1v) is 6.79. The first kappa shape index (κ1) is 14.7. The van der Waals surface area contributed by atoms with E-state index in [1.54, 1.807) is 0 Å². The molecule has 2 N–H and O–H groups in total. The Balaban J connectivity index is 2.17. The Hall–Kier alpha value is -1.69. The summed E-state index contributed by atoms with van der Waals surface area (Å²) in [6, 6.07) is 3.53. The summed E-state index contributed by atoms with van der Waals surface area (Å²) in [6.07, 6.45) is 3.48. The fraction of sp³-hybridized carbons (Fsp3) is 0.571. The van der Waals surface area contributed by atoms with Crippen LogP contribution in [0.15, 0.2) is 18.2 Å². The van der Waals surface area contributed by atoms with Crippen molar-refractivity contribution in [2.75, 3.05) is 11.9 Å². The molecule has 0 bridgehead atoms. The summed E-state index contributed by atoms with van der Waals surface area (Å²) in [5.41, 5.74) is -0.591. The molecule has 0 aromatic heterocycles. The maximum Gasteiger partial charge on any atom is 0.272 e. The van der Waals surface area contributed by atoms with Crippen molar-refractivity contribution in [2.45, 2.75) is 38.1 Å². The number of rotatable bonds is 4. The molecule has 0 spiro atoms. The van der Waals surface area contributed by atoms with Gasteiger partial charge in [0, 0.05) is 6.07 Å². The molecule has 0 unspecified atom stereocenters. The molecule has 0 heterocycles. The predicted octanol–water partition coefficient (Wildman–Crippen LogP) is 3.09. The molecule has 0 amide bonds. The van der Waals surface area contributed by atoms with Crippen LogP contribution in [0.4, 0.5) is 15.8 Å². The van der Waals surface area contributed by atoms with Gasteiger partial charge in [-0.15, -0.1) is 0 Å². The smallest absolute Gasteiger partial charge is 0.272 e. The van der Waals surface area contributed by atoms with Crippen LogP contribution in [0.2, 0.25) is 0 Å². The highest BCUT2D eigenvalue weighted by molar-refractivity contribution is 5.52. The van der Waals surface area contributed by atoms with Crippen molar-refractivity contribution in [3.05, 3.63) is 34.1 Å². The summed E-state index contributed by atoms with van der Waals surface area (Å²) in [6.45, 7) is 2.09. The van der Waals surface area contributed by atoms with Gasteiger partial charge in [-0.25, -0.2) is 4.39 Å². The van der Waals surface area contributed by atoms with Crippen molar-refractivity contribution in [1.82, 2.24) is 0 Å². The largest absolute Gasteiger partial charge is 0.394 e. The summed E-state index contributed by atoms with van der Waals surface area (Å²) < 4.78 is 13.9. The molecule has 1 aliphatic rings. The Morgan fingerprint density at radius 2 is 2.15 bits per heavy atom. The number of nitrogens with zero attached hydrogens (tertiary/aromatic N) is 1. The standard InChI is InChI=1S/C14H19FN2O3/c1-10-4-6-14(9-18,7-5-10)16-13-3-2-11(17(19)20)8-12(13)15/h2-3,8,10,16,18H,4-7,9H2,1H3. The van der Waals surface area contributed by atoms with Crippen molar-refractivity contribution in [3.8, 4) is 0 Å². The summed E-state index contributed by atoms with van der Waals surface area (Å²) in [4.78, 5) is 9.96. The van der Waals surface area contributed by atoms with E-state index in [2.05, 4.69) is 12.2 Å². The van der Waals surface area contributed by atoms with Gasteiger partial charge >= 0.3 is 0 Å². The second-order valence-electron chi connectivity index (χ2n) is 5.67. The molecular weight excluding hydrogens is 263 g/mol. The van der Waals surface area contributed by atoms with E-state index >= 15 is 0 Å². The molecule has 1 saturated carbocycles. The third-order valence-corrected chi connectivity index (χ3v) is 4.10. The zero-order valence-corrected chi connectivity index (χ0v) is 11.4. The second-order valence-corrected chi connectivity index (χ2v) is 5.67. The number of anilines is 1. The third kappa shape index (κ3) is 3.07. The zero-order valence-electron chi connectivity index (χ0n) is 11.4. The van der Waals surface area contributed by atoms with Gasteiger partial charge in [-0.05, 0) is 37.7 Å². The minimum atomic E-state index is -0.661. The predicted molar refractivity (Wildman–Crippen MR) is 74.1 cm³/mol. The monoisotopic (exact) mass is 282 g/mol. The molecule has 5 nitrogen and oxygen atoms in total. The van der Waals surface area contributed by atoms with Crippen molar-refractivity contribution in [3.63, 3.8) is 0 Å². The number of nitro benzene ring substituents is 1. The van der Waals surface area contributed by atoms with E-state index < -0.39 is 16.3 Å². The van der Waals surface area contributed by atoms with Gasteiger partial charge in [0.1, 0.15) is 0 Å². The number of nitro groups is 1. The lowest BCUT2D eigenvalue weighted by Crippen LogP contribution is -2.45. The van der Waals surface area contributed by atoms with Crippen LogP contribution in [-0.4, -0.2) is 22.2 Å². The number of hydrogen-bond acceptors (Lipinski definition) is 4. The normalized spacial score (nSPS) is 26.2. The van der Waals surface area contributed by atoms with Crippen LogP contribution in [0.5, 0.6) is 0 Å². The lowest BCUT2D eigenvalue weighted by atomic mass is 9.77. The molecule has 1 aromatic rings. The van der Waals surface area contributed by atoms with Crippen molar-refractivity contribution < 1.29 is 14.4 Å². The molecule has 20 heavy (non-hydrogen) atoms. The van der Waals surface area contributed by atoms with Crippen molar-refractivity contribution in [2.24, 2.45) is 5.92 Å². The highest BCUT2D eigenvalue weighted by atomic mass is 19.1. The molecule has 0 radical (unpaired) electrons. The maximum atomic E-state index is 13.9. The number of benzene rings is 1. The van der Waals surface area contributed by atoms with Gasteiger partial charge < -0.3 is 10.4 Å². The minimum Gasteiger partial charge on any atom is -0.394 e. The van der Waals surface area contributed by atoms with Crippen molar-refractivity contribution in [1.29, 1.82) is 0 Å². The van der Waals surface area contributed by atoms with E-state index in [-0.39, 0.29) is 18.0 Å². The van der Waals surface area contributed by atoms with Crippen LogP contribution in [0, 0.1) is 21.8 Å². The molecule has 6 heteroatoms. The number of non-ortho nitro benzene ring substituents is 1. The molecule has 0 saturated heterocycles. The maximum absolute atomic E-state index is 13.9.